The van der Waals surface area contributed by atoms with Gasteiger partial charge in [0.25, 0.3) is 0 Å². The first-order chi connectivity index (χ1) is 8.69. The fraction of sp³-hybridized carbons (Fsp3) is 0.667. The lowest BCUT2D eigenvalue weighted by atomic mass is 10.1. The summed E-state index contributed by atoms with van der Waals surface area (Å²) in [6.07, 6.45) is 4.53. The van der Waals surface area contributed by atoms with E-state index in [9.17, 15) is 0 Å². The van der Waals surface area contributed by atoms with Crippen molar-refractivity contribution < 1.29 is 0 Å². The third-order valence-electron chi connectivity index (χ3n) is 3.71. The minimum absolute atomic E-state index is 0.526. The molecule has 1 aliphatic heterocycles. The van der Waals surface area contributed by atoms with Gasteiger partial charge in [0.15, 0.2) is 0 Å². The Morgan fingerprint density at radius 3 is 3.00 bits per heavy atom. The molecule has 0 aromatic carbocycles. The number of rotatable bonds is 5. The van der Waals surface area contributed by atoms with Gasteiger partial charge in [-0.3, -0.25) is 0 Å². The maximum absolute atomic E-state index is 4.52. The van der Waals surface area contributed by atoms with Crippen LogP contribution in [0.5, 0.6) is 0 Å². The molecule has 3 nitrogen and oxygen atoms in total. The van der Waals surface area contributed by atoms with Crippen LogP contribution < -0.4 is 10.2 Å². The van der Waals surface area contributed by atoms with Gasteiger partial charge in [-0.2, -0.15) is 0 Å². The van der Waals surface area contributed by atoms with E-state index < -0.39 is 0 Å². The fourth-order valence-electron chi connectivity index (χ4n) is 2.44. The predicted octanol–water partition coefficient (Wildman–Crippen LogP) is 2.82. The zero-order chi connectivity index (χ0) is 13.0. The summed E-state index contributed by atoms with van der Waals surface area (Å²) in [5.41, 5.74) is 1.33. The summed E-state index contributed by atoms with van der Waals surface area (Å²) < 4.78 is 0. The highest BCUT2D eigenvalue weighted by Gasteiger charge is 2.21. The minimum atomic E-state index is 0.526. The second kappa shape index (κ2) is 6.19. The van der Waals surface area contributed by atoms with Crippen LogP contribution in [-0.2, 0) is 6.54 Å². The van der Waals surface area contributed by atoms with Gasteiger partial charge in [0.2, 0.25) is 0 Å². The van der Waals surface area contributed by atoms with Crippen molar-refractivity contribution in [1.82, 2.24) is 10.3 Å². The van der Waals surface area contributed by atoms with Gasteiger partial charge in [-0.25, -0.2) is 4.98 Å². The first kappa shape index (κ1) is 13.3. The quantitative estimate of drug-likeness (QED) is 0.867. The van der Waals surface area contributed by atoms with E-state index in [2.05, 4.69) is 48.1 Å². The smallest absolute Gasteiger partial charge is 0.128 e. The average molecular weight is 247 g/mol. The number of aromatic nitrogens is 1. The molecule has 0 spiro atoms. The highest BCUT2D eigenvalue weighted by molar-refractivity contribution is 5.42. The summed E-state index contributed by atoms with van der Waals surface area (Å²) in [5, 5.41) is 3.45. The van der Waals surface area contributed by atoms with Crippen molar-refractivity contribution in [2.75, 3.05) is 18.0 Å². The van der Waals surface area contributed by atoms with E-state index >= 15 is 0 Å². The maximum Gasteiger partial charge on any atom is 0.128 e. The first-order valence-corrected chi connectivity index (χ1v) is 7.12. The van der Waals surface area contributed by atoms with Gasteiger partial charge in [-0.1, -0.05) is 27.2 Å². The lowest BCUT2D eigenvalue weighted by Gasteiger charge is -2.18. The fourth-order valence-corrected chi connectivity index (χ4v) is 2.44. The monoisotopic (exact) mass is 247 g/mol. The topological polar surface area (TPSA) is 28.2 Å². The first-order valence-electron chi connectivity index (χ1n) is 7.12. The summed E-state index contributed by atoms with van der Waals surface area (Å²) in [4.78, 5) is 6.94. The molecule has 18 heavy (non-hydrogen) atoms. The number of anilines is 1. The van der Waals surface area contributed by atoms with Crippen LogP contribution in [-0.4, -0.2) is 24.1 Å². The Morgan fingerprint density at radius 2 is 2.33 bits per heavy atom. The normalized spacial score (nSPS) is 19.8. The van der Waals surface area contributed by atoms with Crippen LogP contribution in [0.4, 0.5) is 5.82 Å². The van der Waals surface area contributed by atoms with Gasteiger partial charge in [0.05, 0.1) is 0 Å². The van der Waals surface area contributed by atoms with Crippen LogP contribution in [0.25, 0.3) is 0 Å². The standard InChI is InChI=1S/C15H25N3/c1-4-13-6-8-18(11-13)15-9-14(5-7-16-15)10-17-12(2)3/h5,7,9,12-13,17H,4,6,8,10-11H2,1-3H3. The lowest BCUT2D eigenvalue weighted by molar-refractivity contribution is 0.568. The Kier molecular flexibility index (Phi) is 4.59. The lowest BCUT2D eigenvalue weighted by Crippen LogP contribution is -2.23. The third-order valence-corrected chi connectivity index (χ3v) is 3.71. The SMILES string of the molecule is CCC1CCN(c2cc(CNC(C)C)ccn2)C1. The molecule has 1 aromatic heterocycles. The van der Waals surface area contributed by atoms with Crippen LogP contribution in [0.3, 0.4) is 0 Å². The van der Waals surface area contributed by atoms with Gasteiger partial charge in [-0.15, -0.1) is 0 Å². The third kappa shape index (κ3) is 3.45. The summed E-state index contributed by atoms with van der Waals surface area (Å²) >= 11 is 0. The van der Waals surface area contributed by atoms with Crippen LogP contribution in [0.15, 0.2) is 18.3 Å². The van der Waals surface area contributed by atoms with Gasteiger partial charge >= 0.3 is 0 Å². The van der Waals surface area contributed by atoms with Gasteiger partial charge in [-0.05, 0) is 30.0 Å². The summed E-state index contributed by atoms with van der Waals surface area (Å²) in [7, 11) is 0. The number of hydrogen-bond donors (Lipinski definition) is 1. The Balaban J connectivity index is 1.99. The van der Waals surface area contributed by atoms with E-state index in [1.807, 2.05) is 6.20 Å². The molecule has 2 rings (SSSR count). The molecule has 1 saturated heterocycles. The Hall–Kier alpha value is -1.09. The van der Waals surface area contributed by atoms with Gasteiger partial charge < -0.3 is 10.2 Å². The summed E-state index contributed by atoms with van der Waals surface area (Å²) in [5.74, 6) is 2.00. The molecule has 0 amide bonds. The minimum Gasteiger partial charge on any atom is -0.356 e. The average Bonchev–Trinajstić information content (AvgIpc) is 2.85. The van der Waals surface area contributed by atoms with Crippen LogP contribution in [0.2, 0.25) is 0 Å². The number of nitrogens with one attached hydrogen (secondary N) is 1. The molecule has 3 heteroatoms. The van der Waals surface area contributed by atoms with Gasteiger partial charge in [0, 0.05) is 31.9 Å². The molecule has 1 unspecified atom stereocenters. The molecule has 100 valence electrons. The van der Waals surface area contributed by atoms with E-state index in [1.165, 1.54) is 24.9 Å². The van der Waals surface area contributed by atoms with E-state index in [0.29, 0.717) is 6.04 Å². The molecule has 1 aliphatic rings. The van der Waals surface area contributed by atoms with Crippen molar-refractivity contribution in [3.63, 3.8) is 0 Å². The van der Waals surface area contributed by atoms with Crippen LogP contribution in [0, 0.1) is 5.92 Å². The van der Waals surface area contributed by atoms with Crippen molar-refractivity contribution in [2.45, 2.75) is 46.2 Å². The molecule has 1 aromatic rings. The van der Waals surface area contributed by atoms with E-state index in [-0.39, 0.29) is 0 Å². The van der Waals surface area contributed by atoms with Crippen molar-refractivity contribution in [3.05, 3.63) is 23.9 Å². The molecular weight excluding hydrogens is 222 g/mol. The van der Waals surface area contributed by atoms with E-state index in [4.69, 9.17) is 0 Å². The second-order valence-corrected chi connectivity index (χ2v) is 5.57. The zero-order valence-electron chi connectivity index (χ0n) is 11.8. The predicted molar refractivity (Wildman–Crippen MR) is 76.8 cm³/mol. The second-order valence-electron chi connectivity index (χ2n) is 5.57. The molecule has 0 radical (unpaired) electrons. The zero-order valence-corrected chi connectivity index (χ0v) is 11.8. The van der Waals surface area contributed by atoms with Crippen LogP contribution in [0.1, 0.15) is 39.2 Å². The van der Waals surface area contributed by atoms with Crippen molar-refractivity contribution in [1.29, 1.82) is 0 Å². The molecule has 1 N–H and O–H groups in total. The van der Waals surface area contributed by atoms with Crippen molar-refractivity contribution in [2.24, 2.45) is 5.92 Å². The molecular formula is C15H25N3. The molecule has 0 saturated carbocycles. The maximum atomic E-state index is 4.52. The molecule has 0 aliphatic carbocycles. The molecule has 2 heterocycles. The number of nitrogens with zero attached hydrogens (tertiary/aromatic N) is 2. The van der Waals surface area contributed by atoms with Crippen molar-refractivity contribution in [3.8, 4) is 0 Å². The number of pyridine rings is 1. The summed E-state index contributed by atoms with van der Waals surface area (Å²) in [6, 6.07) is 4.86. The van der Waals surface area contributed by atoms with E-state index in [1.54, 1.807) is 0 Å². The molecule has 1 atom stereocenters. The highest BCUT2D eigenvalue weighted by atomic mass is 15.2. The number of hydrogen-bond acceptors (Lipinski definition) is 3. The van der Waals surface area contributed by atoms with E-state index in [0.717, 1.165) is 24.8 Å². The van der Waals surface area contributed by atoms with Crippen LogP contribution >= 0.6 is 0 Å². The highest BCUT2D eigenvalue weighted by Crippen LogP contribution is 2.24. The summed E-state index contributed by atoms with van der Waals surface area (Å²) in [6.45, 7) is 9.89. The van der Waals surface area contributed by atoms with Crippen molar-refractivity contribution >= 4 is 5.82 Å². The molecule has 0 bridgehead atoms. The largest absolute Gasteiger partial charge is 0.356 e. The Labute approximate surface area is 111 Å². The molecule has 1 fully saturated rings. The Bertz CT molecular complexity index is 376. The van der Waals surface area contributed by atoms with Gasteiger partial charge in [0.1, 0.15) is 5.82 Å². The Morgan fingerprint density at radius 1 is 1.50 bits per heavy atom.